The van der Waals surface area contributed by atoms with Crippen LogP contribution >= 0.6 is 0 Å². The van der Waals surface area contributed by atoms with Gasteiger partial charge in [0.15, 0.2) is 12.1 Å². The summed E-state index contributed by atoms with van der Waals surface area (Å²) in [6.45, 7) is 4.54. The van der Waals surface area contributed by atoms with Crippen LogP contribution in [-0.2, 0) is 28.6 Å². The zero-order valence-electron chi connectivity index (χ0n) is 34.4. The lowest BCUT2D eigenvalue weighted by molar-refractivity contribution is -0.887. The van der Waals surface area contributed by atoms with Crippen molar-refractivity contribution in [3.63, 3.8) is 0 Å². The van der Waals surface area contributed by atoms with Crippen LogP contribution in [0, 0.1) is 0 Å². The number of ether oxygens (including phenoxy) is 3. The highest BCUT2D eigenvalue weighted by atomic mass is 16.6. The van der Waals surface area contributed by atoms with Crippen molar-refractivity contribution in [2.75, 3.05) is 41.0 Å². The van der Waals surface area contributed by atoms with E-state index in [4.69, 9.17) is 14.2 Å². The molecule has 304 valence electrons. The predicted octanol–water partition coefficient (Wildman–Crippen LogP) is 11.0. The first-order chi connectivity index (χ1) is 25.6. The summed E-state index contributed by atoms with van der Waals surface area (Å²) in [4.78, 5) is 36.9. The molecule has 0 aromatic heterocycles. The van der Waals surface area contributed by atoms with Crippen molar-refractivity contribution in [2.24, 2.45) is 0 Å². The lowest BCUT2D eigenvalue weighted by Gasteiger charge is -2.31. The number of aliphatic carboxylic acids is 1. The summed E-state index contributed by atoms with van der Waals surface area (Å²) < 4.78 is 17.2. The average Bonchev–Trinajstić information content (AvgIpc) is 3.11. The highest BCUT2D eigenvalue weighted by molar-refractivity contribution is 5.72. The van der Waals surface area contributed by atoms with E-state index < -0.39 is 18.1 Å². The van der Waals surface area contributed by atoms with Gasteiger partial charge in [-0.1, -0.05) is 126 Å². The number of quaternary nitrogens is 1. The Labute approximate surface area is 324 Å². The topological polar surface area (TPSA) is 99.1 Å². The first-order valence-corrected chi connectivity index (χ1v) is 20.8. The first-order valence-electron chi connectivity index (χ1n) is 20.8. The second kappa shape index (κ2) is 36.0. The van der Waals surface area contributed by atoms with E-state index >= 15 is 0 Å². The summed E-state index contributed by atoms with van der Waals surface area (Å²) in [6.07, 6.45) is 42.6. The summed E-state index contributed by atoms with van der Waals surface area (Å²) in [5.41, 5.74) is 0. The van der Waals surface area contributed by atoms with Crippen molar-refractivity contribution in [3.8, 4) is 0 Å². The van der Waals surface area contributed by atoms with Gasteiger partial charge >= 0.3 is 17.9 Å². The minimum Gasteiger partial charge on any atom is -0.477 e. The molecular weight excluding hydrogens is 666 g/mol. The molecule has 0 bridgehead atoms. The maximum atomic E-state index is 12.7. The number of carbonyl (C=O) groups is 3. The number of esters is 2. The zero-order chi connectivity index (χ0) is 39.3. The van der Waals surface area contributed by atoms with E-state index in [0.717, 1.165) is 89.9 Å². The Morgan fingerprint density at radius 2 is 1.11 bits per heavy atom. The highest BCUT2D eigenvalue weighted by Crippen LogP contribution is 2.13. The Hall–Kier alpha value is -2.97. The van der Waals surface area contributed by atoms with Crippen molar-refractivity contribution in [3.05, 3.63) is 60.8 Å². The second-order valence-corrected chi connectivity index (χ2v) is 14.9. The lowest BCUT2D eigenvalue weighted by atomic mass is 10.1. The van der Waals surface area contributed by atoms with Gasteiger partial charge in [0.05, 0.1) is 34.4 Å². The maximum Gasteiger partial charge on any atom is 0.362 e. The van der Waals surface area contributed by atoms with Gasteiger partial charge in [-0.3, -0.25) is 9.59 Å². The number of unbranched alkanes of at least 4 members (excludes halogenated alkanes) is 13. The molecule has 0 rings (SSSR count). The number of hydrogen-bond acceptors (Lipinski definition) is 6. The minimum absolute atomic E-state index is 0.0464. The number of allylic oxidation sites excluding steroid dienone is 10. The molecule has 1 N–H and O–H groups in total. The number of hydrogen-bond donors (Lipinski definition) is 1. The fourth-order valence-corrected chi connectivity index (χ4v) is 5.68. The van der Waals surface area contributed by atoms with Crippen molar-refractivity contribution >= 4 is 17.9 Å². The molecule has 8 nitrogen and oxygen atoms in total. The molecule has 0 saturated heterocycles. The predicted molar refractivity (Wildman–Crippen MR) is 220 cm³/mol. The molecule has 0 fully saturated rings. The number of carboxylic acids is 1. The molecule has 0 spiro atoms. The Balaban J connectivity index is 4.45. The zero-order valence-corrected chi connectivity index (χ0v) is 34.4. The van der Waals surface area contributed by atoms with Crippen LogP contribution in [0.3, 0.4) is 0 Å². The quantitative estimate of drug-likeness (QED) is 0.0224. The number of carboxylic acid groups (broad SMARTS) is 1. The van der Waals surface area contributed by atoms with Gasteiger partial charge in [0, 0.05) is 19.3 Å². The van der Waals surface area contributed by atoms with Gasteiger partial charge in [0.25, 0.3) is 0 Å². The van der Waals surface area contributed by atoms with E-state index in [2.05, 4.69) is 74.6 Å². The molecule has 8 heteroatoms. The van der Waals surface area contributed by atoms with Crippen LogP contribution in [0.4, 0.5) is 0 Å². The maximum absolute atomic E-state index is 12.7. The molecule has 0 heterocycles. The van der Waals surface area contributed by atoms with E-state index in [1.165, 1.54) is 32.1 Å². The summed E-state index contributed by atoms with van der Waals surface area (Å²) in [5.74, 6) is -1.52. The van der Waals surface area contributed by atoms with Crippen LogP contribution in [0.2, 0.25) is 0 Å². The Kier molecular flexibility index (Phi) is 34.0. The average molecular weight is 745 g/mol. The van der Waals surface area contributed by atoms with E-state index in [-0.39, 0.29) is 36.2 Å². The van der Waals surface area contributed by atoms with E-state index in [1.807, 2.05) is 21.1 Å². The Morgan fingerprint density at radius 3 is 1.68 bits per heavy atom. The molecule has 2 atom stereocenters. The van der Waals surface area contributed by atoms with Crippen LogP contribution < -0.4 is 0 Å². The number of nitrogens with zero attached hydrogens (tertiary/aromatic N) is 1. The van der Waals surface area contributed by atoms with Gasteiger partial charge in [-0.05, 0) is 70.6 Å². The fourth-order valence-electron chi connectivity index (χ4n) is 5.68. The van der Waals surface area contributed by atoms with Crippen LogP contribution in [0.25, 0.3) is 0 Å². The number of rotatable bonds is 36. The molecule has 0 amide bonds. The molecule has 0 saturated carbocycles. The summed E-state index contributed by atoms with van der Waals surface area (Å²) in [6, 6.07) is -0.622. The summed E-state index contributed by atoms with van der Waals surface area (Å²) in [5, 5.41) is 9.60. The van der Waals surface area contributed by atoms with E-state index in [1.54, 1.807) is 0 Å². The standard InChI is InChI=1S/C45H77NO7/c1-6-8-10-12-14-16-18-20-22-24-26-28-30-32-34-36-44(48)53-41(39-51-38-37-42(45(49)50)46(3,4)5)40-52-43(47)35-33-31-29-27-25-23-21-19-17-15-13-11-9-7-2/h9,11,14-18,20-21,23,41-42H,6-8,10,12-13,19,22,24-40H2,1-5H3/p+1/b11-9+,16-14+,17-15+,20-18+,23-21+. The SMILES string of the molecule is CC/C=C/C/C=C/C/C=C/CCCCCCC(=O)OCC(COCCC(C(=O)O)[N+](C)(C)C)OC(=O)CCCCCCCC/C=C/C=C/CCCCC. The third-order valence-corrected chi connectivity index (χ3v) is 8.93. The number of likely N-dealkylation sites (N-methyl/N-ethyl adjacent to an activating group) is 1. The summed E-state index contributed by atoms with van der Waals surface area (Å²) >= 11 is 0. The highest BCUT2D eigenvalue weighted by Gasteiger charge is 2.31. The van der Waals surface area contributed by atoms with Crippen molar-refractivity contribution in [1.82, 2.24) is 0 Å². The van der Waals surface area contributed by atoms with Crippen LogP contribution in [0.15, 0.2) is 60.8 Å². The van der Waals surface area contributed by atoms with Crippen LogP contribution in [0.5, 0.6) is 0 Å². The number of carbonyl (C=O) groups excluding carboxylic acids is 2. The van der Waals surface area contributed by atoms with Gasteiger partial charge < -0.3 is 23.8 Å². The van der Waals surface area contributed by atoms with Crippen molar-refractivity contribution < 1.29 is 38.2 Å². The molecule has 0 aliphatic heterocycles. The van der Waals surface area contributed by atoms with Crippen molar-refractivity contribution in [2.45, 2.75) is 167 Å². The monoisotopic (exact) mass is 745 g/mol. The summed E-state index contributed by atoms with van der Waals surface area (Å²) in [7, 11) is 5.50. The first kappa shape index (κ1) is 50.0. The Morgan fingerprint density at radius 1 is 0.604 bits per heavy atom. The largest absolute Gasteiger partial charge is 0.477 e. The molecule has 0 aromatic rings. The van der Waals surface area contributed by atoms with Gasteiger partial charge in [-0.15, -0.1) is 0 Å². The molecular formula is C45H78NO7+. The molecule has 0 radical (unpaired) electrons. The van der Waals surface area contributed by atoms with Gasteiger partial charge in [0.1, 0.15) is 6.61 Å². The third kappa shape index (κ3) is 34.5. The molecule has 0 aliphatic rings. The third-order valence-electron chi connectivity index (χ3n) is 8.93. The lowest BCUT2D eigenvalue weighted by Crippen LogP contribution is -2.50. The normalized spacial score (nSPS) is 13.6. The smallest absolute Gasteiger partial charge is 0.362 e. The molecule has 0 aromatic carbocycles. The van der Waals surface area contributed by atoms with Gasteiger partial charge in [-0.25, -0.2) is 4.79 Å². The van der Waals surface area contributed by atoms with Crippen molar-refractivity contribution in [1.29, 1.82) is 0 Å². The Bertz CT molecular complexity index is 1050. The molecule has 0 aliphatic carbocycles. The second-order valence-electron chi connectivity index (χ2n) is 14.9. The van der Waals surface area contributed by atoms with Crippen LogP contribution in [-0.4, -0.2) is 80.6 Å². The van der Waals surface area contributed by atoms with Gasteiger partial charge in [-0.2, -0.15) is 0 Å². The molecule has 53 heavy (non-hydrogen) atoms. The fraction of sp³-hybridized carbons (Fsp3) is 0.711. The minimum atomic E-state index is -0.883. The van der Waals surface area contributed by atoms with Gasteiger partial charge in [0.2, 0.25) is 0 Å². The van der Waals surface area contributed by atoms with Crippen LogP contribution in [0.1, 0.15) is 155 Å². The van der Waals surface area contributed by atoms with E-state index in [9.17, 15) is 19.5 Å². The van der Waals surface area contributed by atoms with E-state index in [0.29, 0.717) is 19.3 Å². The molecule has 2 unspecified atom stereocenters.